The maximum absolute atomic E-state index is 12.5. The van der Waals surface area contributed by atoms with Crippen molar-refractivity contribution < 1.29 is 13.9 Å². The van der Waals surface area contributed by atoms with Crippen molar-refractivity contribution in [1.29, 1.82) is 0 Å². The summed E-state index contributed by atoms with van der Waals surface area (Å²) in [4.78, 5) is 28.2. The maximum atomic E-state index is 12.5. The lowest BCUT2D eigenvalue weighted by molar-refractivity contribution is -0.136. The lowest BCUT2D eigenvalue weighted by Gasteiger charge is -2.37. The largest absolute Gasteiger partial charge is 0.444 e. The molecule has 32 heavy (non-hydrogen) atoms. The molecule has 1 amide bonds. The number of benzene rings is 1. The summed E-state index contributed by atoms with van der Waals surface area (Å²) in [6.45, 7) is 9.79. The number of nitrogens with one attached hydrogen (secondary N) is 1. The summed E-state index contributed by atoms with van der Waals surface area (Å²) in [5.41, 5.74) is 1.76. The zero-order valence-corrected chi connectivity index (χ0v) is 18.7. The highest BCUT2D eigenvalue weighted by Gasteiger charge is 2.24. The van der Waals surface area contributed by atoms with E-state index in [-0.39, 0.29) is 5.91 Å². The number of hydrogen-bond donors (Lipinski definition) is 1. The van der Waals surface area contributed by atoms with Crippen molar-refractivity contribution in [3.05, 3.63) is 42.3 Å². The lowest BCUT2D eigenvalue weighted by atomic mass is 10.2. The van der Waals surface area contributed by atoms with Gasteiger partial charge in [-0.05, 0) is 19.1 Å². The van der Waals surface area contributed by atoms with E-state index in [9.17, 15) is 4.79 Å². The number of morpholine rings is 1. The van der Waals surface area contributed by atoms with E-state index in [4.69, 9.17) is 14.1 Å². The van der Waals surface area contributed by atoms with E-state index in [1.807, 2.05) is 35.2 Å². The smallest absolute Gasteiger partial charge is 0.236 e. The number of oxazole rings is 1. The molecule has 0 aliphatic carbocycles. The zero-order chi connectivity index (χ0) is 22.2. The number of carbonyl (C=O) groups excluding carboxylic acids is 1. The molecule has 2 aromatic rings. The Hall–Kier alpha value is -2.91. The number of amides is 1. The summed E-state index contributed by atoms with van der Waals surface area (Å²) in [7, 11) is 0. The minimum absolute atomic E-state index is 0.197. The summed E-state index contributed by atoms with van der Waals surface area (Å²) in [6.07, 6.45) is 1.67. The third-order valence-corrected chi connectivity index (χ3v) is 5.69. The molecule has 9 nitrogen and oxygen atoms in total. The molecule has 172 valence electrons. The van der Waals surface area contributed by atoms with Gasteiger partial charge < -0.3 is 24.3 Å². The molecular weight excluding hydrogens is 408 g/mol. The molecule has 0 atom stereocenters. The average Bonchev–Trinajstić information content (AvgIpc) is 3.32. The van der Waals surface area contributed by atoms with Crippen LogP contribution in [0.1, 0.15) is 12.6 Å². The first-order valence-electron chi connectivity index (χ1n) is 11.3. The number of aliphatic imine (C=N–C) groups is 1. The molecule has 3 heterocycles. The van der Waals surface area contributed by atoms with Crippen LogP contribution in [0.3, 0.4) is 0 Å². The summed E-state index contributed by atoms with van der Waals surface area (Å²) < 4.78 is 11.0. The first kappa shape index (κ1) is 22.3. The Morgan fingerprint density at radius 1 is 1.06 bits per heavy atom. The van der Waals surface area contributed by atoms with Crippen LogP contribution >= 0.6 is 0 Å². The Balaban J connectivity index is 1.30. The molecule has 0 spiro atoms. The van der Waals surface area contributed by atoms with Crippen LogP contribution in [0.2, 0.25) is 0 Å². The molecule has 4 rings (SSSR count). The number of rotatable bonds is 6. The van der Waals surface area contributed by atoms with Gasteiger partial charge in [0.25, 0.3) is 0 Å². The second kappa shape index (κ2) is 11.1. The number of aromatic nitrogens is 1. The molecule has 0 radical (unpaired) electrons. The average molecular weight is 441 g/mol. The molecule has 0 saturated carbocycles. The number of guanidine groups is 1. The van der Waals surface area contributed by atoms with Gasteiger partial charge in [-0.1, -0.05) is 18.2 Å². The molecule has 2 aliphatic heterocycles. The molecule has 0 bridgehead atoms. The molecule has 1 aromatic heterocycles. The molecule has 1 N–H and O–H groups in total. The topological polar surface area (TPSA) is 86.4 Å². The van der Waals surface area contributed by atoms with Crippen LogP contribution in [0, 0.1) is 0 Å². The minimum Gasteiger partial charge on any atom is -0.444 e. The molecule has 1 aromatic carbocycles. The van der Waals surface area contributed by atoms with E-state index in [2.05, 4.69) is 27.0 Å². The van der Waals surface area contributed by atoms with Crippen LogP contribution in [0.15, 0.2) is 46.0 Å². The Morgan fingerprint density at radius 3 is 2.53 bits per heavy atom. The number of nitrogens with zero attached hydrogens (tertiary/aromatic N) is 5. The SMILES string of the molecule is CCNC(=NCc1coc(-c2ccccc2)n1)N1CCN(CC(=O)N2CCOCC2)CC1. The number of hydrogen-bond acceptors (Lipinski definition) is 6. The lowest BCUT2D eigenvalue weighted by Crippen LogP contribution is -2.54. The zero-order valence-electron chi connectivity index (χ0n) is 18.7. The van der Waals surface area contributed by atoms with Gasteiger partial charge in [0.05, 0.1) is 26.3 Å². The third kappa shape index (κ3) is 5.86. The van der Waals surface area contributed by atoms with Crippen LogP contribution in [-0.4, -0.2) is 97.1 Å². The van der Waals surface area contributed by atoms with Crippen molar-refractivity contribution in [2.24, 2.45) is 4.99 Å². The van der Waals surface area contributed by atoms with E-state index in [1.165, 1.54) is 0 Å². The van der Waals surface area contributed by atoms with Gasteiger partial charge in [-0.25, -0.2) is 9.98 Å². The van der Waals surface area contributed by atoms with Crippen molar-refractivity contribution in [3.8, 4) is 11.5 Å². The molecule has 2 saturated heterocycles. The van der Waals surface area contributed by atoms with E-state index < -0.39 is 0 Å². The fourth-order valence-electron chi connectivity index (χ4n) is 3.90. The van der Waals surface area contributed by atoms with E-state index in [0.717, 1.165) is 49.9 Å². The first-order chi connectivity index (χ1) is 15.7. The Bertz CT molecular complexity index is 886. The van der Waals surface area contributed by atoms with Crippen LogP contribution in [0.4, 0.5) is 0 Å². The van der Waals surface area contributed by atoms with E-state index >= 15 is 0 Å². The predicted octanol–water partition coefficient (Wildman–Crippen LogP) is 1.28. The summed E-state index contributed by atoms with van der Waals surface area (Å²) in [5, 5.41) is 3.38. The van der Waals surface area contributed by atoms with Gasteiger partial charge in [-0.3, -0.25) is 9.69 Å². The van der Waals surface area contributed by atoms with Gasteiger partial charge in [-0.2, -0.15) is 0 Å². The Kier molecular flexibility index (Phi) is 7.73. The second-order valence-corrected chi connectivity index (χ2v) is 7.94. The van der Waals surface area contributed by atoms with Gasteiger partial charge in [-0.15, -0.1) is 0 Å². The van der Waals surface area contributed by atoms with E-state index in [0.29, 0.717) is 45.3 Å². The normalized spacial score (nSPS) is 18.1. The Labute approximate surface area is 189 Å². The molecule has 9 heteroatoms. The minimum atomic E-state index is 0.197. The highest BCUT2D eigenvalue weighted by molar-refractivity contribution is 5.80. The molecular formula is C23H32N6O3. The van der Waals surface area contributed by atoms with Gasteiger partial charge >= 0.3 is 0 Å². The van der Waals surface area contributed by atoms with Gasteiger partial charge in [0, 0.05) is 51.4 Å². The summed E-state index contributed by atoms with van der Waals surface area (Å²) in [6, 6.07) is 9.86. The van der Waals surface area contributed by atoms with Crippen molar-refractivity contribution in [3.63, 3.8) is 0 Å². The second-order valence-electron chi connectivity index (χ2n) is 7.94. The van der Waals surface area contributed by atoms with Gasteiger partial charge in [0.1, 0.15) is 12.0 Å². The van der Waals surface area contributed by atoms with E-state index in [1.54, 1.807) is 6.26 Å². The van der Waals surface area contributed by atoms with Crippen molar-refractivity contribution in [2.45, 2.75) is 13.5 Å². The molecule has 2 aliphatic rings. The van der Waals surface area contributed by atoms with Crippen molar-refractivity contribution >= 4 is 11.9 Å². The predicted molar refractivity (Wildman–Crippen MR) is 122 cm³/mol. The highest BCUT2D eigenvalue weighted by Crippen LogP contribution is 2.18. The highest BCUT2D eigenvalue weighted by atomic mass is 16.5. The summed E-state index contributed by atoms with van der Waals surface area (Å²) in [5.74, 6) is 1.68. The van der Waals surface area contributed by atoms with Crippen LogP contribution in [0.25, 0.3) is 11.5 Å². The van der Waals surface area contributed by atoms with Crippen LogP contribution in [-0.2, 0) is 16.1 Å². The standard InChI is InChI=1S/C23H32N6O3/c1-2-24-23(25-16-20-18-32-22(26-20)19-6-4-3-5-7-19)29-10-8-27(9-11-29)17-21(30)28-12-14-31-15-13-28/h3-7,18H,2,8-17H2,1H3,(H,24,25). The van der Waals surface area contributed by atoms with Crippen molar-refractivity contribution in [2.75, 3.05) is 65.6 Å². The molecule has 0 unspecified atom stereocenters. The van der Waals surface area contributed by atoms with Crippen molar-refractivity contribution in [1.82, 2.24) is 25.0 Å². The summed E-state index contributed by atoms with van der Waals surface area (Å²) >= 11 is 0. The van der Waals surface area contributed by atoms with Gasteiger partial charge in [0.2, 0.25) is 11.8 Å². The van der Waals surface area contributed by atoms with Gasteiger partial charge in [0.15, 0.2) is 5.96 Å². The maximum Gasteiger partial charge on any atom is 0.236 e. The Morgan fingerprint density at radius 2 is 1.81 bits per heavy atom. The number of piperazine rings is 1. The van der Waals surface area contributed by atoms with Crippen LogP contribution < -0.4 is 5.32 Å². The third-order valence-electron chi connectivity index (χ3n) is 5.69. The monoisotopic (exact) mass is 440 g/mol. The fraction of sp³-hybridized carbons (Fsp3) is 0.522. The fourth-order valence-corrected chi connectivity index (χ4v) is 3.90. The number of carbonyl (C=O) groups is 1. The first-order valence-corrected chi connectivity index (χ1v) is 11.3. The number of ether oxygens (including phenoxy) is 1. The molecule has 2 fully saturated rings. The quantitative estimate of drug-likeness (QED) is 0.535. The van der Waals surface area contributed by atoms with Crippen LogP contribution in [0.5, 0.6) is 0 Å².